The predicted molar refractivity (Wildman–Crippen MR) is 132 cm³/mol. The summed E-state index contributed by atoms with van der Waals surface area (Å²) in [5, 5.41) is 9.77. The highest BCUT2D eigenvalue weighted by atomic mass is 127. The van der Waals surface area contributed by atoms with Gasteiger partial charge in [0.15, 0.2) is 5.96 Å². The molecule has 0 radical (unpaired) electrons. The molecule has 7 nitrogen and oxygen atoms in total. The molecule has 0 aliphatic rings. The van der Waals surface area contributed by atoms with E-state index in [9.17, 15) is 9.59 Å². The molecule has 0 atom stereocenters. The topological polar surface area (TPSA) is 85.8 Å². The van der Waals surface area contributed by atoms with E-state index in [1.807, 2.05) is 24.3 Å². The molecule has 0 bridgehead atoms. The summed E-state index contributed by atoms with van der Waals surface area (Å²) in [6, 6.07) is 14.2. The van der Waals surface area contributed by atoms with Gasteiger partial charge in [-0.3, -0.25) is 14.6 Å². The molecule has 0 saturated carbocycles. The van der Waals surface area contributed by atoms with Crippen LogP contribution in [0.2, 0.25) is 5.02 Å². The summed E-state index contributed by atoms with van der Waals surface area (Å²) in [5.41, 5.74) is 2.24. The average molecular weight is 544 g/mol. The van der Waals surface area contributed by atoms with Crippen LogP contribution in [-0.4, -0.2) is 56.9 Å². The van der Waals surface area contributed by atoms with Crippen molar-refractivity contribution in [2.45, 2.75) is 6.54 Å². The third-order valence-corrected chi connectivity index (χ3v) is 4.35. The van der Waals surface area contributed by atoms with E-state index in [0.717, 1.165) is 5.56 Å². The molecule has 30 heavy (non-hydrogen) atoms. The van der Waals surface area contributed by atoms with Crippen molar-refractivity contribution < 1.29 is 9.59 Å². The Hall–Kier alpha value is -2.33. The van der Waals surface area contributed by atoms with Crippen LogP contribution in [0.5, 0.6) is 0 Å². The normalized spacial score (nSPS) is 10.6. The number of benzene rings is 2. The molecule has 0 fully saturated rings. The SMILES string of the molecule is CN=C(NCCNC(=O)c1ccc(Cl)cc1)NCc1ccc(C(=O)N(C)C)cc1.I. The number of rotatable bonds is 7. The number of guanidine groups is 1. The van der Waals surface area contributed by atoms with E-state index in [1.165, 1.54) is 0 Å². The van der Waals surface area contributed by atoms with Crippen LogP contribution in [0.1, 0.15) is 26.3 Å². The molecule has 2 amide bonds. The molecule has 0 aliphatic carbocycles. The lowest BCUT2D eigenvalue weighted by Crippen LogP contribution is -2.41. The smallest absolute Gasteiger partial charge is 0.253 e. The number of amides is 2. The van der Waals surface area contributed by atoms with Gasteiger partial charge in [-0.15, -0.1) is 24.0 Å². The molecule has 2 aromatic carbocycles. The number of nitrogens with zero attached hydrogens (tertiary/aromatic N) is 2. The van der Waals surface area contributed by atoms with Crippen molar-refractivity contribution in [1.29, 1.82) is 0 Å². The van der Waals surface area contributed by atoms with Crippen molar-refractivity contribution in [3.8, 4) is 0 Å². The molecule has 2 aromatic rings. The quantitative estimate of drug-likeness (QED) is 0.217. The van der Waals surface area contributed by atoms with Crippen molar-refractivity contribution in [3.05, 3.63) is 70.2 Å². The maximum absolute atomic E-state index is 12.0. The van der Waals surface area contributed by atoms with Gasteiger partial charge < -0.3 is 20.9 Å². The highest BCUT2D eigenvalue weighted by Crippen LogP contribution is 2.09. The zero-order chi connectivity index (χ0) is 21.2. The van der Waals surface area contributed by atoms with E-state index >= 15 is 0 Å². The number of hydrogen-bond acceptors (Lipinski definition) is 3. The molecule has 2 rings (SSSR count). The van der Waals surface area contributed by atoms with Crippen molar-refractivity contribution in [2.24, 2.45) is 4.99 Å². The van der Waals surface area contributed by atoms with Crippen LogP contribution in [0.25, 0.3) is 0 Å². The Morgan fingerprint density at radius 1 is 0.900 bits per heavy atom. The largest absolute Gasteiger partial charge is 0.355 e. The van der Waals surface area contributed by atoms with Crippen molar-refractivity contribution in [2.75, 3.05) is 34.2 Å². The summed E-state index contributed by atoms with van der Waals surface area (Å²) < 4.78 is 0. The molecule has 3 N–H and O–H groups in total. The van der Waals surface area contributed by atoms with Crippen LogP contribution >= 0.6 is 35.6 Å². The highest BCUT2D eigenvalue weighted by Gasteiger charge is 2.07. The second-order valence-corrected chi connectivity index (χ2v) is 6.95. The minimum Gasteiger partial charge on any atom is -0.355 e. The number of nitrogens with one attached hydrogen (secondary N) is 3. The Labute approximate surface area is 199 Å². The Morgan fingerprint density at radius 2 is 1.47 bits per heavy atom. The molecule has 0 saturated heterocycles. The van der Waals surface area contributed by atoms with Crippen LogP contribution in [0.15, 0.2) is 53.5 Å². The number of carbonyl (C=O) groups is 2. The first-order valence-electron chi connectivity index (χ1n) is 9.19. The fraction of sp³-hybridized carbons (Fsp3) is 0.286. The average Bonchev–Trinajstić information content (AvgIpc) is 2.73. The van der Waals surface area contributed by atoms with Gasteiger partial charge in [0, 0.05) is 56.9 Å². The second-order valence-electron chi connectivity index (χ2n) is 6.51. The van der Waals surface area contributed by atoms with Crippen LogP contribution in [-0.2, 0) is 6.54 Å². The van der Waals surface area contributed by atoms with Gasteiger partial charge >= 0.3 is 0 Å². The van der Waals surface area contributed by atoms with Crippen LogP contribution in [0, 0.1) is 0 Å². The van der Waals surface area contributed by atoms with Gasteiger partial charge in [-0.05, 0) is 42.0 Å². The van der Waals surface area contributed by atoms with Crippen LogP contribution < -0.4 is 16.0 Å². The van der Waals surface area contributed by atoms with E-state index in [2.05, 4.69) is 20.9 Å². The molecule has 0 unspecified atom stereocenters. The molecular formula is C21H27ClIN5O2. The highest BCUT2D eigenvalue weighted by molar-refractivity contribution is 14.0. The van der Waals surface area contributed by atoms with E-state index in [1.54, 1.807) is 50.3 Å². The lowest BCUT2D eigenvalue weighted by atomic mass is 10.1. The van der Waals surface area contributed by atoms with Crippen molar-refractivity contribution in [1.82, 2.24) is 20.9 Å². The minimum atomic E-state index is -0.154. The lowest BCUT2D eigenvalue weighted by Gasteiger charge is -2.13. The van der Waals surface area contributed by atoms with E-state index in [0.29, 0.717) is 41.7 Å². The van der Waals surface area contributed by atoms with E-state index in [4.69, 9.17) is 11.6 Å². The van der Waals surface area contributed by atoms with Gasteiger partial charge in [-0.1, -0.05) is 23.7 Å². The van der Waals surface area contributed by atoms with Crippen LogP contribution in [0.4, 0.5) is 0 Å². The van der Waals surface area contributed by atoms with Gasteiger partial charge in [0.2, 0.25) is 0 Å². The Kier molecular flexibility index (Phi) is 11.2. The molecule has 0 aromatic heterocycles. The molecular weight excluding hydrogens is 517 g/mol. The summed E-state index contributed by atoms with van der Waals surface area (Å²) in [5.74, 6) is 0.445. The van der Waals surface area contributed by atoms with Crippen molar-refractivity contribution >= 4 is 53.4 Å². The molecule has 162 valence electrons. The Balaban J connectivity index is 0.00000450. The fourth-order valence-corrected chi connectivity index (χ4v) is 2.62. The first kappa shape index (κ1) is 25.7. The maximum Gasteiger partial charge on any atom is 0.253 e. The number of aliphatic imine (C=N–C) groups is 1. The van der Waals surface area contributed by atoms with Gasteiger partial charge in [0.05, 0.1) is 0 Å². The predicted octanol–water partition coefficient (Wildman–Crippen LogP) is 2.75. The van der Waals surface area contributed by atoms with Gasteiger partial charge in [-0.2, -0.15) is 0 Å². The minimum absolute atomic E-state index is 0. The standard InChI is InChI=1S/C21H26ClN5O2.HI/c1-23-21(25-13-12-24-19(28)16-8-10-18(22)11-9-16)26-14-15-4-6-17(7-5-15)20(29)27(2)3;/h4-11H,12-14H2,1-3H3,(H,24,28)(H2,23,25,26);1H. The van der Waals surface area contributed by atoms with Gasteiger partial charge in [0.25, 0.3) is 11.8 Å². The van der Waals surface area contributed by atoms with Crippen molar-refractivity contribution in [3.63, 3.8) is 0 Å². The monoisotopic (exact) mass is 543 g/mol. The van der Waals surface area contributed by atoms with Gasteiger partial charge in [0.1, 0.15) is 0 Å². The lowest BCUT2D eigenvalue weighted by molar-refractivity contribution is 0.0827. The molecule has 9 heteroatoms. The van der Waals surface area contributed by atoms with E-state index in [-0.39, 0.29) is 35.8 Å². The molecule has 0 spiro atoms. The summed E-state index contributed by atoms with van der Waals surface area (Å²) in [4.78, 5) is 29.7. The van der Waals surface area contributed by atoms with Gasteiger partial charge in [-0.25, -0.2) is 0 Å². The third kappa shape index (κ3) is 8.19. The maximum atomic E-state index is 12.0. The zero-order valence-corrected chi connectivity index (χ0v) is 20.3. The Morgan fingerprint density at radius 3 is 2.03 bits per heavy atom. The first-order chi connectivity index (χ1) is 13.9. The van der Waals surface area contributed by atoms with E-state index < -0.39 is 0 Å². The fourth-order valence-electron chi connectivity index (χ4n) is 2.49. The number of hydrogen-bond donors (Lipinski definition) is 3. The first-order valence-corrected chi connectivity index (χ1v) is 9.57. The second kappa shape index (κ2) is 13.1. The summed E-state index contributed by atoms with van der Waals surface area (Å²) >= 11 is 5.82. The number of halogens is 2. The summed E-state index contributed by atoms with van der Waals surface area (Å²) in [7, 11) is 5.14. The third-order valence-electron chi connectivity index (χ3n) is 4.10. The zero-order valence-electron chi connectivity index (χ0n) is 17.2. The molecule has 0 aliphatic heterocycles. The Bertz CT molecular complexity index is 855. The molecule has 0 heterocycles. The summed E-state index contributed by atoms with van der Waals surface area (Å²) in [6.07, 6.45) is 0. The summed E-state index contributed by atoms with van der Waals surface area (Å²) in [6.45, 7) is 1.53. The van der Waals surface area contributed by atoms with Crippen LogP contribution in [0.3, 0.4) is 0 Å². The number of carbonyl (C=O) groups excluding carboxylic acids is 2.